The van der Waals surface area contributed by atoms with Gasteiger partial charge < -0.3 is 5.11 Å². The van der Waals surface area contributed by atoms with Crippen molar-refractivity contribution in [2.24, 2.45) is 0 Å². The maximum Gasteiger partial charge on any atom is 0.0402 e. The first-order chi connectivity index (χ1) is 1.41. The van der Waals surface area contributed by atoms with Crippen molar-refractivity contribution in [2.45, 2.75) is 6.92 Å². The Morgan fingerprint density at radius 3 is 1.40 bits per heavy atom. The van der Waals surface area contributed by atoms with Crippen molar-refractivity contribution in [3.8, 4) is 0 Å². The minimum atomic E-state index is 0. The zero-order chi connectivity index (χ0) is 2.71. The molecule has 0 unspecified atom stereocenters. The zero-order valence-corrected chi connectivity index (χ0v) is 7.99. The third kappa shape index (κ3) is 21.1. The molecule has 0 bridgehead atoms. The van der Waals surface area contributed by atoms with Gasteiger partial charge >= 0.3 is 0 Å². The smallest absolute Gasteiger partial charge is 0.0402 e. The van der Waals surface area contributed by atoms with E-state index in [1.54, 1.807) is 6.92 Å². The molecule has 0 aromatic rings. The summed E-state index contributed by atoms with van der Waals surface area (Å²) in [5, 5.41) is 7.57. The largest absolute Gasteiger partial charge is 0.397 e. The van der Waals surface area contributed by atoms with Crippen LogP contribution in [0.25, 0.3) is 0 Å². The molecule has 0 amide bonds. The van der Waals surface area contributed by atoms with Crippen molar-refractivity contribution in [1.82, 2.24) is 0 Å². The fourth-order valence-electron chi connectivity index (χ4n) is 0. The molecule has 0 spiro atoms. The molecule has 0 atom stereocenters. The summed E-state index contributed by atoms with van der Waals surface area (Å²) < 4.78 is 0. The summed E-state index contributed by atoms with van der Waals surface area (Å²) >= 11 is 0. The van der Waals surface area contributed by atoms with Crippen molar-refractivity contribution in [2.75, 3.05) is 6.61 Å². The van der Waals surface area contributed by atoms with Gasteiger partial charge in [-0.05, 0) is 6.92 Å². The van der Waals surface area contributed by atoms with Crippen LogP contribution < -0.4 is 0 Å². The summed E-state index contributed by atoms with van der Waals surface area (Å²) in [6, 6.07) is 0. The van der Waals surface area contributed by atoms with Crippen molar-refractivity contribution < 1.29 is 5.11 Å². The number of aliphatic hydroxyl groups is 1. The summed E-state index contributed by atoms with van der Waals surface area (Å²) in [4.78, 5) is 0. The molecular formula is C2H6Ca2O. The Balaban J connectivity index is -0.0000000200. The maximum atomic E-state index is 7.57. The van der Waals surface area contributed by atoms with E-state index in [9.17, 15) is 0 Å². The fraction of sp³-hybridized carbons (Fsp3) is 1.00. The standard InChI is InChI=1S/C2H6O.2Ca/c1-2-3;;/h3H,2H2,1H3;;. The van der Waals surface area contributed by atoms with E-state index in [1.165, 1.54) is 0 Å². The molecule has 0 fully saturated rings. The summed E-state index contributed by atoms with van der Waals surface area (Å²) in [5.41, 5.74) is 0. The van der Waals surface area contributed by atoms with Gasteiger partial charge in [0.15, 0.2) is 0 Å². The van der Waals surface area contributed by atoms with Gasteiger partial charge in [-0.1, -0.05) is 0 Å². The third-order valence-electron chi connectivity index (χ3n) is 0. The number of rotatable bonds is 0. The molecule has 24 valence electrons. The van der Waals surface area contributed by atoms with Crippen molar-refractivity contribution in [3.05, 3.63) is 0 Å². The number of aliphatic hydroxyl groups excluding tert-OH is 1. The van der Waals surface area contributed by atoms with Crippen LogP contribution in [0.3, 0.4) is 0 Å². The van der Waals surface area contributed by atoms with Gasteiger partial charge in [0, 0.05) is 82.1 Å². The minimum absolute atomic E-state index is 0. The van der Waals surface area contributed by atoms with Crippen molar-refractivity contribution in [1.29, 1.82) is 0 Å². The second-order valence-corrected chi connectivity index (χ2v) is 0.316. The fourth-order valence-corrected chi connectivity index (χ4v) is 0. The van der Waals surface area contributed by atoms with Crippen molar-refractivity contribution >= 4 is 75.5 Å². The van der Waals surface area contributed by atoms with E-state index in [4.69, 9.17) is 5.11 Å². The van der Waals surface area contributed by atoms with Gasteiger partial charge in [0.25, 0.3) is 0 Å². The summed E-state index contributed by atoms with van der Waals surface area (Å²) in [7, 11) is 0. The van der Waals surface area contributed by atoms with Crippen LogP contribution in [0.4, 0.5) is 0 Å². The minimum Gasteiger partial charge on any atom is -0.397 e. The molecule has 0 heterocycles. The van der Waals surface area contributed by atoms with E-state index >= 15 is 0 Å². The molecule has 0 saturated carbocycles. The molecular weight excluding hydrogens is 120 g/mol. The van der Waals surface area contributed by atoms with Crippen LogP contribution >= 0.6 is 0 Å². The SMILES string of the molecule is CCO.[Ca].[Ca]. The Labute approximate surface area is 92.1 Å². The average Bonchev–Trinajstić information content (AvgIpc) is 0.918. The molecule has 0 aromatic heterocycles. The van der Waals surface area contributed by atoms with Crippen LogP contribution in [-0.2, 0) is 0 Å². The van der Waals surface area contributed by atoms with E-state index in [2.05, 4.69) is 0 Å². The molecule has 0 aliphatic heterocycles. The Morgan fingerprint density at radius 2 is 1.40 bits per heavy atom. The third-order valence-corrected chi connectivity index (χ3v) is 0. The van der Waals surface area contributed by atoms with Crippen LogP contribution in [0.2, 0.25) is 0 Å². The summed E-state index contributed by atoms with van der Waals surface area (Å²) in [6.45, 7) is 1.93. The van der Waals surface area contributed by atoms with Gasteiger partial charge in [-0.2, -0.15) is 0 Å². The molecule has 0 rings (SSSR count). The Hall–Kier alpha value is 2.48. The average molecular weight is 126 g/mol. The molecule has 0 aromatic carbocycles. The van der Waals surface area contributed by atoms with Gasteiger partial charge in [-0.15, -0.1) is 0 Å². The van der Waals surface area contributed by atoms with E-state index in [-0.39, 0.29) is 82.1 Å². The van der Waals surface area contributed by atoms with E-state index < -0.39 is 0 Å². The van der Waals surface area contributed by atoms with Crippen LogP contribution in [0, 0.1) is 0 Å². The topological polar surface area (TPSA) is 20.2 Å². The van der Waals surface area contributed by atoms with Gasteiger partial charge in [0.2, 0.25) is 0 Å². The molecule has 1 N–H and O–H groups in total. The Kier molecular flexibility index (Phi) is 50.3. The maximum absolute atomic E-state index is 7.57. The van der Waals surface area contributed by atoms with E-state index in [0.29, 0.717) is 0 Å². The summed E-state index contributed by atoms with van der Waals surface area (Å²) in [5.74, 6) is 0. The molecule has 0 aliphatic rings. The number of hydrogen-bond acceptors (Lipinski definition) is 1. The van der Waals surface area contributed by atoms with Gasteiger partial charge in [0.1, 0.15) is 0 Å². The van der Waals surface area contributed by atoms with Crippen molar-refractivity contribution in [3.63, 3.8) is 0 Å². The van der Waals surface area contributed by atoms with Gasteiger partial charge in [-0.3, -0.25) is 0 Å². The first-order valence-corrected chi connectivity index (χ1v) is 1.02. The quantitative estimate of drug-likeness (QED) is 0.423. The second kappa shape index (κ2) is 16.1. The normalized spacial score (nSPS) is 3.60. The Bertz CT molecular complexity index is 7.61. The predicted octanol–water partition coefficient (Wildman–Crippen LogP) is -0.763. The van der Waals surface area contributed by atoms with Crippen LogP contribution in [0.15, 0.2) is 0 Å². The van der Waals surface area contributed by atoms with Crippen LogP contribution in [0.5, 0.6) is 0 Å². The predicted molar refractivity (Wildman–Crippen MR) is 24.3 cm³/mol. The molecule has 1 nitrogen and oxygen atoms in total. The number of hydrogen-bond donors (Lipinski definition) is 1. The van der Waals surface area contributed by atoms with E-state index in [0.717, 1.165) is 0 Å². The van der Waals surface area contributed by atoms with Gasteiger partial charge in [-0.25, -0.2) is 0 Å². The summed E-state index contributed by atoms with van der Waals surface area (Å²) in [6.07, 6.45) is 0. The van der Waals surface area contributed by atoms with Crippen LogP contribution in [-0.4, -0.2) is 87.2 Å². The van der Waals surface area contributed by atoms with Gasteiger partial charge in [0.05, 0.1) is 0 Å². The zero-order valence-electron chi connectivity index (χ0n) is 3.57. The Morgan fingerprint density at radius 1 is 1.40 bits per heavy atom. The second-order valence-electron chi connectivity index (χ2n) is 0.316. The molecule has 4 radical (unpaired) electrons. The molecule has 3 heteroatoms. The molecule has 5 heavy (non-hydrogen) atoms. The van der Waals surface area contributed by atoms with Crippen LogP contribution in [0.1, 0.15) is 6.92 Å². The first kappa shape index (κ1) is 15.6. The monoisotopic (exact) mass is 126 g/mol. The first-order valence-electron chi connectivity index (χ1n) is 1.02. The molecule has 0 saturated heterocycles. The molecule has 0 aliphatic carbocycles. The van der Waals surface area contributed by atoms with E-state index in [1.807, 2.05) is 0 Å².